The minimum Gasteiger partial charge on any atom is -0.352 e. The summed E-state index contributed by atoms with van der Waals surface area (Å²) in [5, 5.41) is 2.89. The van der Waals surface area contributed by atoms with Crippen molar-refractivity contribution in [1.29, 1.82) is 0 Å². The van der Waals surface area contributed by atoms with Gasteiger partial charge in [-0.2, -0.15) is 0 Å². The van der Waals surface area contributed by atoms with Crippen LogP contribution < -0.4 is 10.0 Å². The van der Waals surface area contributed by atoms with Crippen molar-refractivity contribution in [3.8, 4) is 0 Å². The molecule has 0 spiro atoms. The van der Waals surface area contributed by atoms with Gasteiger partial charge in [0.1, 0.15) is 0 Å². The molecule has 0 saturated carbocycles. The fraction of sp³-hybridized carbons (Fsp3) is 0.333. The van der Waals surface area contributed by atoms with Crippen LogP contribution in [0.25, 0.3) is 11.0 Å². The smallest absolute Gasteiger partial charge is 0.222 e. The molecule has 0 radical (unpaired) electrons. The van der Waals surface area contributed by atoms with Gasteiger partial charge in [-0.25, -0.2) is 18.1 Å². The Balaban J connectivity index is 1.58. The van der Waals surface area contributed by atoms with Gasteiger partial charge in [-0.15, -0.1) is 0 Å². The summed E-state index contributed by atoms with van der Waals surface area (Å²) in [5.74, 6) is -0.209. The summed E-state index contributed by atoms with van der Waals surface area (Å²) in [6, 6.07) is 14.9. The number of para-hydroxylation sites is 2. The first kappa shape index (κ1) is 21.0. The number of amides is 1. The van der Waals surface area contributed by atoms with E-state index in [0.29, 0.717) is 18.5 Å². The number of nitrogens with zero attached hydrogens (tertiary/aromatic N) is 2. The summed E-state index contributed by atoms with van der Waals surface area (Å²) in [4.78, 5) is 16.6. The Morgan fingerprint density at radius 1 is 1.07 bits per heavy atom. The molecular weight excluding hydrogens is 388 g/mol. The predicted octanol–water partition coefficient (Wildman–Crippen LogP) is 2.57. The number of aromatic nitrogens is 2. The molecule has 0 fully saturated rings. The van der Waals surface area contributed by atoms with Gasteiger partial charge in [0.05, 0.1) is 23.1 Å². The van der Waals surface area contributed by atoms with E-state index in [-0.39, 0.29) is 24.2 Å². The Hall–Kier alpha value is -2.71. The Bertz CT molecular complexity index is 1090. The minimum absolute atomic E-state index is 0.0965. The summed E-state index contributed by atoms with van der Waals surface area (Å²) in [7, 11) is -3.43. The molecule has 0 saturated heterocycles. The third kappa shape index (κ3) is 5.88. The monoisotopic (exact) mass is 414 g/mol. The number of hydrogen-bond acceptors (Lipinski definition) is 4. The molecule has 1 amide bonds. The van der Waals surface area contributed by atoms with Gasteiger partial charge in [-0.3, -0.25) is 4.79 Å². The van der Waals surface area contributed by atoms with E-state index in [2.05, 4.69) is 15.0 Å². The third-order valence-electron chi connectivity index (χ3n) is 4.46. The summed E-state index contributed by atoms with van der Waals surface area (Å²) in [5.41, 5.74) is 3.37. The molecule has 2 aromatic carbocycles. The Kier molecular flexibility index (Phi) is 6.66. The molecule has 1 aromatic heterocycles. The average molecular weight is 415 g/mol. The Morgan fingerprint density at radius 2 is 1.76 bits per heavy atom. The molecule has 29 heavy (non-hydrogen) atoms. The summed E-state index contributed by atoms with van der Waals surface area (Å²) in [6.07, 6.45) is 2.05. The molecule has 0 atom stereocenters. The Labute approximate surface area is 171 Å². The number of imidazole rings is 1. The summed E-state index contributed by atoms with van der Waals surface area (Å²) >= 11 is 0. The molecule has 2 N–H and O–H groups in total. The van der Waals surface area contributed by atoms with Crippen LogP contribution in [0.3, 0.4) is 0 Å². The third-order valence-corrected chi connectivity index (χ3v) is 5.98. The Morgan fingerprint density at radius 3 is 2.52 bits per heavy atom. The van der Waals surface area contributed by atoms with E-state index in [1.807, 2.05) is 41.0 Å². The van der Waals surface area contributed by atoms with E-state index in [4.69, 9.17) is 0 Å². The molecular formula is C21H26N4O3S. The largest absolute Gasteiger partial charge is 0.352 e. The number of nitrogens with one attached hydrogen (secondary N) is 2. The minimum atomic E-state index is -3.43. The van der Waals surface area contributed by atoms with Crippen LogP contribution in [0.4, 0.5) is 0 Å². The normalized spacial score (nSPS) is 11.8. The fourth-order valence-electron chi connectivity index (χ4n) is 3.17. The van der Waals surface area contributed by atoms with Crippen molar-refractivity contribution in [2.75, 3.05) is 0 Å². The van der Waals surface area contributed by atoms with Crippen LogP contribution in [0.2, 0.25) is 0 Å². The highest BCUT2D eigenvalue weighted by molar-refractivity contribution is 7.88. The zero-order valence-electron chi connectivity index (χ0n) is 16.6. The summed E-state index contributed by atoms with van der Waals surface area (Å²) < 4.78 is 29.0. The van der Waals surface area contributed by atoms with Crippen LogP contribution in [-0.4, -0.2) is 29.9 Å². The maximum absolute atomic E-state index is 12.3. The lowest BCUT2D eigenvalue weighted by atomic mass is 10.1. The molecule has 8 heteroatoms. The second-order valence-electron chi connectivity index (χ2n) is 7.25. The highest BCUT2D eigenvalue weighted by Gasteiger charge is 2.15. The molecule has 0 aliphatic heterocycles. The molecule has 0 bridgehead atoms. The van der Waals surface area contributed by atoms with Crippen LogP contribution in [0.1, 0.15) is 31.4 Å². The standard InChI is InChI=1S/C21H26N4O3S/c1-16(2)24-29(27,28)14-18-8-4-3-7-17(18)13-22-21(26)11-12-25-15-23-19-9-5-6-10-20(19)25/h3-10,15-16,24H,11-14H2,1-2H3,(H,22,26). The van der Waals surface area contributed by atoms with E-state index in [9.17, 15) is 13.2 Å². The van der Waals surface area contributed by atoms with Gasteiger partial charge in [0.25, 0.3) is 0 Å². The van der Waals surface area contributed by atoms with Gasteiger partial charge in [0, 0.05) is 25.6 Å². The van der Waals surface area contributed by atoms with Crippen LogP contribution in [-0.2, 0) is 33.7 Å². The quantitative estimate of drug-likeness (QED) is 0.563. The van der Waals surface area contributed by atoms with E-state index >= 15 is 0 Å². The molecule has 1 heterocycles. The lowest BCUT2D eigenvalue weighted by molar-refractivity contribution is -0.121. The molecule has 0 aliphatic rings. The number of benzene rings is 2. The number of aryl methyl sites for hydroxylation is 1. The number of hydrogen-bond donors (Lipinski definition) is 2. The van der Waals surface area contributed by atoms with Crippen molar-refractivity contribution < 1.29 is 13.2 Å². The topological polar surface area (TPSA) is 93.1 Å². The van der Waals surface area contributed by atoms with Crippen LogP contribution in [0, 0.1) is 0 Å². The second-order valence-corrected chi connectivity index (χ2v) is 9.01. The second kappa shape index (κ2) is 9.19. The zero-order chi connectivity index (χ0) is 20.9. The van der Waals surface area contributed by atoms with Crippen molar-refractivity contribution in [3.05, 3.63) is 66.0 Å². The van der Waals surface area contributed by atoms with Crippen molar-refractivity contribution >= 4 is 27.0 Å². The first-order valence-electron chi connectivity index (χ1n) is 9.57. The van der Waals surface area contributed by atoms with Crippen LogP contribution >= 0.6 is 0 Å². The van der Waals surface area contributed by atoms with Gasteiger partial charge >= 0.3 is 0 Å². The van der Waals surface area contributed by atoms with Gasteiger partial charge in [-0.1, -0.05) is 36.4 Å². The molecule has 7 nitrogen and oxygen atoms in total. The van der Waals surface area contributed by atoms with E-state index < -0.39 is 10.0 Å². The van der Waals surface area contributed by atoms with Crippen LogP contribution in [0.15, 0.2) is 54.9 Å². The van der Waals surface area contributed by atoms with E-state index in [0.717, 1.165) is 16.6 Å². The fourth-order valence-corrected chi connectivity index (χ4v) is 4.66. The van der Waals surface area contributed by atoms with Crippen molar-refractivity contribution in [3.63, 3.8) is 0 Å². The average Bonchev–Trinajstić information content (AvgIpc) is 3.07. The van der Waals surface area contributed by atoms with Crippen molar-refractivity contribution in [1.82, 2.24) is 19.6 Å². The van der Waals surface area contributed by atoms with Crippen LogP contribution in [0.5, 0.6) is 0 Å². The van der Waals surface area contributed by atoms with E-state index in [1.54, 1.807) is 32.3 Å². The SMILES string of the molecule is CC(C)NS(=O)(=O)Cc1ccccc1CNC(=O)CCn1cnc2ccccc21. The first-order valence-corrected chi connectivity index (χ1v) is 11.2. The van der Waals surface area contributed by atoms with Gasteiger partial charge < -0.3 is 9.88 Å². The van der Waals surface area contributed by atoms with Gasteiger partial charge in [-0.05, 0) is 37.1 Å². The predicted molar refractivity (Wildman–Crippen MR) is 114 cm³/mol. The van der Waals surface area contributed by atoms with Crippen molar-refractivity contribution in [2.24, 2.45) is 0 Å². The maximum atomic E-state index is 12.3. The maximum Gasteiger partial charge on any atom is 0.222 e. The number of rotatable bonds is 9. The molecule has 3 aromatic rings. The lowest BCUT2D eigenvalue weighted by Gasteiger charge is -2.13. The highest BCUT2D eigenvalue weighted by atomic mass is 32.2. The van der Waals surface area contributed by atoms with Gasteiger partial charge in [0.15, 0.2) is 0 Å². The zero-order valence-corrected chi connectivity index (χ0v) is 17.4. The molecule has 3 rings (SSSR count). The molecule has 0 aliphatic carbocycles. The number of carbonyl (C=O) groups is 1. The van der Waals surface area contributed by atoms with Gasteiger partial charge in [0.2, 0.25) is 15.9 Å². The lowest BCUT2D eigenvalue weighted by Crippen LogP contribution is -2.32. The van der Waals surface area contributed by atoms with Crippen molar-refractivity contribution in [2.45, 2.75) is 45.2 Å². The highest BCUT2D eigenvalue weighted by Crippen LogP contribution is 2.14. The number of fused-ring (bicyclic) bond motifs is 1. The first-order chi connectivity index (χ1) is 13.8. The molecule has 0 unspecified atom stereocenters. The number of sulfonamides is 1. The summed E-state index contributed by atoms with van der Waals surface area (Å²) in [6.45, 7) is 4.39. The molecule has 154 valence electrons. The van der Waals surface area contributed by atoms with E-state index in [1.165, 1.54) is 0 Å². The number of carbonyl (C=O) groups excluding carboxylic acids is 1.